The molecule has 0 amide bonds. The Bertz CT molecular complexity index is 464. The van der Waals surface area contributed by atoms with Crippen LogP contribution >= 0.6 is 0 Å². The lowest BCUT2D eigenvalue weighted by Gasteiger charge is -2.21. The normalized spacial score (nSPS) is 14.4. The van der Waals surface area contributed by atoms with Crippen LogP contribution in [0.4, 0.5) is 4.39 Å². The van der Waals surface area contributed by atoms with Crippen LogP contribution in [0.25, 0.3) is 0 Å². The molecule has 1 heterocycles. The van der Waals surface area contributed by atoms with Gasteiger partial charge in [-0.15, -0.1) is 0 Å². The van der Waals surface area contributed by atoms with Gasteiger partial charge in [-0.2, -0.15) is 0 Å². The Morgan fingerprint density at radius 2 is 1.94 bits per heavy atom. The minimum absolute atomic E-state index is 0.153. The third kappa shape index (κ3) is 2.99. The zero-order valence-corrected chi connectivity index (χ0v) is 10.7. The lowest BCUT2D eigenvalue weighted by Crippen LogP contribution is -2.23. The van der Waals surface area contributed by atoms with Gasteiger partial charge in [-0.05, 0) is 43.2 Å². The molecule has 0 radical (unpaired) electrons. The highest BCUT2D eigenvalue weighted by Crippen LogP contribution is 2.22. The molecular weight excluding hydrogens is 229 g/mol. The SMILES string of the molecule is CCC(N[C@@H](C)c1ccc(F)cc1)c1ccco1. The van der Waals surface area contributed by atoms with Crippen molar-refractivity contribution in [1.82, 2.24) is 5.32 Å². The van der Waals surface area contributed by atoms with Crippen LogP contribution in [-0.4, -0.2) is 0 Å². The Morgan fingerprint density at radius 1 is 1.22 bits per heavy atom. The van der Waals surface area contributed by atoms with Crippen LogP contribution in [0.5, 0.6) is 0 Å². The Morgan fingerprint density at radius 3 is 2.50 bits per heavy atom. The Kier molecular flexibility index (Phi) is 4.15. The van der Waals surface area contributed by atoms with Gasteiger partial charge in [0.25, 0.3) is 0 Å². The summed E-state index contributed by atoms with van der Waals surface area (Å²) in [6.07, 6.45) is 2.63. The molecule has 18 heavy (non-hydrogen) atoms. The van der Waals surface area contributed by atoms with Crippen molar-refractivity contribution in [3.05, 3.63) is 59.8 Å². The largest absolute Gasteiger partial charge is 0.468 e. The van der Waals surface area contributed by atoms with E-state index in [1.54, 1.807) is 6.26 Å². The third-order valence-corrected chi connectivity index (χ3v) is 3.12. The fraction of sp³-hybridized carbons (Fsp3) is 0.333. The van der Waals surface area contributed by atoms with Gasteiger partial charge >= 0.3 is 0 Å². The molecule has 1 aromatic heterocycles. The Hall–Kier alpha value is -1.61. The number of hydrogen-bond donors (Lipinski definition) is 1. The van der Waals surface area contributed by atoms with Crippen LogP contribution in [0.1, 0.15) is 43.7 Å². The molecule has 0 aliphatic heterocycles. The van der Waals surface area contributed by atoms with Gasteiger partial charge in [0, 0.05) is 6.04 Å². The molecule has 1 unspecified atom stereocenters. The minimum Gasteiger partial charge on any atom is -0.468 e. The predicted molar refractivity (Wildman–Crippen MR) is 69.7 cm³/mol. The van der Waals surface area contributed by atoms with Crippen molar-refractivity contribution < 1.29 is 8.81 Å². The van der Waals surface area contributed by atoms with Gasteiger partial charge in [-0.3, -0.25) is 0 Å². The van der Waals surface area contributed by atoms with E-state index in [0.29, 0.717) is 0 Å². The molecule has 0 saturated carbocycles. The summed E-state index contributed by atoms with van der Waals surface area (Å²) in [5.41, 5.74) is 1.07. The zero-order valence-electron chi connectivity index (χ0n) is 10.7. The topological polar surface area (TPSA) is 25.2 Å². The standard InChI is InChI=1S/C15H18FNO/c1-3-14(15-5-4-10-18-15)17-11(2)12-6-8-13(16)9-7-12/h4-11,14,17H,3H2,1-2H3/t11-,14?/m0/s1. The van der Waals surface area contributed by atoms with Gasteiger partial charge in [-0.25, -0.2) is 4.39 Å². The average Bonchev–Trinajstić information content (AvgIpc) is 2.90. The molecule has 0 spiro atoms. The highest BCUT2D eigenvalue weighted by molar-refractivity contribution is 5.20. The van der Waals surface area contributed by atoms with E-state index in [2.05, 4.69) is 19.2 Å². The van der Waals surface area contributed by atoms with E-state index in [9.17, 15) is 4.39 Å². The second-order valence-corrected chi connectivity index (χ2v) is 4.42. The molecule has 0 aliphatic carbocycles. The second-order valence-electron chi connectivity index (χ2n) is 4.42. The molecule has 0 aliphatic rings. The van der Waals surface area contributed by atoms with Crippen molar-refractivity contribution in [1.29, 1.82) is 0 Å². The van der Waals surface area contributed by atoms with E-state index in [0.717, 1.165) is 17.7 Å². The third-order valence-electron chi connectivity index (χ3n) is 3.12. The first kappa shape index (κ1) is 12.8. The van der Waals surface area contributed by atoms with E-state index >= 15 is 0 Å². The molecule has 0 saturated heterocycles. The molecule has 2 nitrogen and oxygen atoms in total. The van der Waals surface area contributed by atoms with Gasteiger partial charge in [-0.1, -0.05) is 19.1 Å². The van der Waals surface area contributed by atoms with Crippen molar-refractivity contribution >= 4 is 0 Å². The molecule has 3 heteroatoms. The van der Waals surface area contributed by atoms with Crippen molar-refractivity contribution in [3.63, 3.8) is 0 Å². The fourth-order valence-electron chi connectivity index (χ4n) is 2.04. The first-order valence-electron chi connectivity index (χ1n) is 6.25. The smallest absolute Gasteiger partial charge is 0.123 e. The van der Waals surface area contributed by atoms with Crippen LogP contribution in [-0.2, 0) is 0 Å². The van der Waals surface area contributed by atoms with Gasteiger partial charge in [0.2, 0.25) is 0 Å². The van der Waals surface area contributed by atoms with Crippen LogP contribution < -0.4 is 5.32 Å². The lowest BCUT2D eigenvalue weighted by molar-refractivity contribution is 0.376. The first-order valence-corrected chi connectivity index (χ1v) is 6.25. The van der Waals surface area contributed by atoms with Crippen molar-refractivity contribution in [2.75, 3.05) is 0 Å². The van der Waals surface area contributed by atoms with E-state index < -0.39 is 0 Å². The van der Waals surface area contributed by atoms with Crippen molar-refractivity contribution in [2.24, 2.45) is 0 Å². The Labute approximate surface area is 107 Å². The van der Waals surface area contributed by atoms with Gasteiger partial charge in [0.1, 0.15) is 11.6 Å². The molecule has 96 valence electrons. The van der Waals surface area contributed by atoms with E-state index in [4.69, 9.17) is 4.42 Å². The summed E-state index contributed by atoms with van der Waals surface area (Å²) in [6, 6.07) is 10.8. The molecule has 1 N–H and O–H groups in total. The number of furan rings is 1. The fourth-order valence-corrected chi connectivity index (χ4v) is 2.04. The summed E-state index contributed by atoms with van der Waals surface area (Å²) in [7, 11) is 0. The van der Waals surface area contributed by atoms with Crippen molar-refractivity contribution in [3.8, 4) is 0 Å². The maximum absolute atomic E-state index is 12.9. The van der Waals surface area contributed by atoms with Gasteiger partial charge in [0.15, 0.2) is 0 Å². The highest BCUT2D eigenvalue weighted by atomic mass is 19.1. The molecule has 2 aromatic rings. The number of rotatable bonds is 5. The van der Waals surface area contributed by atoms with Crippen LogP contribution in [0.3, 0.4) is 0 Å². The zero-order chi connectivity index (χ0) is 13.0. The predicted octanol–water partition coefficient (Wildman–Crippen LogP) is 4.22. The monoisotopic (exact) mass is 247 g/mol. The quantitative estimate of drug-likeness (QED) is 0.855. The summed E-state index contributed by atoms with van der Waals surface area (Å²) < 4.78 is 18.3. The molecule has 2 rings (SSSR count). The Balaban J connectivity index is 2.05. The summed E-state index contributed by atoms with van der Waals surface area (Å²) in [4.78, 5) is 0. The summed E-state index contributed by atoms with van der Waals surface area (Å²) in [5, 5.41) is 3.49. The van der Waals surface area contributed by atoms with Gasteiger partial charge < -0.3 is 9.73 Å². The summed E-state index contributed by atoms with van der Waals surface area (Å²) in [6.45, 7) is 4.18. The summed E-state index contributed by atoms with van der Waals surface area (Å²) >= 11 is 0. The van der Waals surface area contributed by atoms with Gasteiger partial charge in [0.05, 0.1) is 12.3 Å². The molecule has 1 aromatic carbocycles. The molecule has 0 fully saturated rings. The summed E-state index contributed by atoms with van der Waals surface area (Å²) in [5.74, 6) is 0.732. The molecule has 2 atom stereocenters. The highest BCUT2D eigenvalue weighted by Gasteiger charge is 2.15. The maximum Gasteiger partial charge on any atom is 0.123 e. The maximum atomic E-state index is 12.9. The van der Waals surface area contributed by atoms with E-state index in [1.165, 1.54) is 12.1 Å². The minimum atomic E-state index is -0.205. The number of hydrogen-bond acceptors (Lipinski definition) is 2. The van der Waals surface area contributed by atoms with Crippen LogP contribution in [0.15, 0.2) is 47.1 Å². The number of halogens is 1. The van der Waals surface area contributed by atoms with E-state index in [-0.39, 0.29) is 17.9 Å². The lowest BCUT2D eigenvalue weighted by atomic mass is 10.1. The number of benzene rings is 1. The molecular formula is C15H18FNO. The van der Waals surface area contributed by atoms with Crippen LogP contribution in [0, 0.1) is 5.82 Å². The number of nitrogens with one attached hydrogen (secondary N) is 1. The average molecular weight is 247 g/mol. The molecule has 0 bridgehead atoms. The first-order chi connectivity index (χ1) is 8.70. The van der Waals surface area contributed by atoms with Crippen LogP contribution in [0.2, 0.25) is 0 Å². The van der Waals surface area contributed by atoms with Crippen molar-refractivity contribution in [2.45, 2.75) is 32.4 Å². The van der Waals surface area contributed by atoms with E-state index in [1.807, 2.05) is 24.3 Å². The second kappa shape index (κ2) is 5.83.